The molecule has 0 radical (unpaired) electrons. The lowest BCUT2D eigenvalue weighted by Gasteiger charge is -2.13. The number of hydrogen-bond acceptors (Lipinski definition) is 4. The average Bonchev–Trinajstić information content (AvgIpc) is 2.64. The number of rotatable bonds is 18. The maximum absolute atomic E-state index is 11.7. The summed E-state index contributed by atoms with van der Waals surface area (Å²) in [6.07, 6.45) is 14.7. The Morgan fingerprint density at radius 3 is 1.73 bits per heavy atom. The number of hydrogen-bond donors (Lipinski definition) is 0. The van der Waals surface area contributed by atoms with Crippen molar-refractivity contribution in [2.24, 2.45) is 5.92 Å². The van der Waals surface area contributed by atoms with Crippen LogP contribution in [-0.4, -0.2) is 25.2 Å². The van der Waals surface area contributed by atoms with E-state index < -0.39 is 0 Å². The maximum atomic E-state index is 11.7. The molecule has 0 aliphatic carbocycles. The van der Waals surface area contributed by atoms with Crippen LogP contribution < -0.4 is 0 Å². The Hall–Kier alpha value is -1.06. The average molecular weight is 371 g/mol. The highest BCUT2D eigenvalue weighted by Crippen LogP contribution is 2.19. The minimum atomic E-state index is -0.0455. The maximum Gasteiger partial charge on any atom is 0.306 e. The predicted octanol–water partition coefficient (Wildman–Crippen LogP) is 6.21. The van der Waals surface area contributed by atoms with Gasteiger partial charge < -0.3 is 9.47 Å². The molecule has 0 saturated carbocycles. The summed E-state index contributed by atoms with van der Waals surface area (Å²) in [6.45, 7) is 7.30. The summed E-state index contributed by atoms with van der Waals surface area (Å²) < 4.78 is 10.2. The second kappa shape index (κ2) is 18.7. The van der Waals surface area contributed by atoms with Crippen molar-refractivity contribution in [3.05, 3.63) is 0 Å². The van der Waals surface area contributed by atoms with Crippen LogP contribution in [0.2, 0.25) is 0 Å². The zero-order valence-corrected chi connectivity index (χ0v) is 17.5. The zero-order valence-electron chi connectivity index (χ0n) is 17.5. The molecule has 1 atom stereocenters. The molecule has 0 N–H and O–H groups in total. The van der Waals surface area contributed by atoms with Crippen molar-refractivity contribution in [2.45, 2.75) is 111 Å². The summed E-state index contributed by atoms with van der Waals surface area (Å²) in [4.78, 5) is 23.0. The van der Waals surface area contributed by atoms with Crippen molar-refractivity contribution in [2.75, 3.05) is 13.2 Å². The molecule has 0 rings (SSSR count). The van der Waals surface area contributed by atoms with Gasteiger partial charge in [-0.2, -0.15) is 0 Å². The van der Waals surface area contributed by atoms with Crippen LogP contribution in [0, 0.1) is 5.92 Å². The second-order valence-electron chi connectivity index (χ2n) is 7.29. The molecule has 154 valence electrons. The van der Waals surface area contributed by atoms with Crippen LogP contribution >= 0.6 is 0 Å². The van der Waals surface area contributed by atoms with Gasteiger partial charge in [0.1, 0.15) is 0 Å². The fourth-order valence-corrected chi connectivity index (χ4v) is 3.01. The Balaban J connectivity index is 3.43. The fraction of sp³-hybridized carbons (Fsp3) is 0.909. The normalized spacial score (nSPS) is 12.0. The van der Waals surface area contributed by atoms with E-state index in [1.54, 1.807) is 0 Å². The van der Waals surface area contributed by atoms with E-state index in [2.05, 4.69) is 6.92 Å². The van der Waals surface area contributed by atoms with Gasteiger partial charge in [-0.1, -0.05) is 72.1 Å². The third-order valence-corrected chi connectivity index (χ3v) is 4.71. The van der Waals surface area contributed by atoms with Gasteiger partial charge in [0, 0.05) is 12.8 Å². The van der Waals surface area contributed by atoms with E-state index in [4.69, 9.17) is 9.47 Å². The Kier molecular flexibility index (Phi) is 18.0. The zero-order chi connectivity index (χ0) is 19.5. The van der Waals surface area contributed by atoms with Crippen molar-refractivity contribution in [1.29, 1.82) is 0 Å². The molecule has 0 heterocycles. The van der Waals surface area contributed by atoms with Crippen LogP contribution in [0.1, 0.15) is 111 Å². The van der Waals surface area contributed by atoms with Gasteiger partial charge in [0.2, 0.25) is 0 Å². The van der Waals surface area contributed by atoms with Crippen molar-refractivity contribution >= 4 is 11.9 Å². The van der Waals surface area contributed by atoms with Crippen LogP contribution in [-0.2, 0) is 19.1 Å². The molecule has 0 aliphatic heterocycles. The van der Waals surface area contributed by atoms with Crippen molar-refractivity contribution < 1.29 is 19.1 Å². The Labute approximate surface area is 161 Å². The third kappa shape index (κ3) is 16.4. The van der Waals surface area contributed by atoms with Crippen molar-refractivity contribution in [3.8, 4) is 0 Å². The van der Waals surface area contributed by atoms with Crippen molar-refractivity contribution in [1.82, 2.24) is 0 Å². The molecule has 0 spiro atoms. The molecule has 0 amide bonds. The van der Waals surface area contributed by atoms with Crippen LogP contribution in [0.4, 0.5) is 0 Å². The standard InChI is InChI=1S/C22H42O4/c1-4-17-25-21(23)16-14-12-10-8-7-9-11-13-15-20(6-3)19-22(24)26-18-5-2/h20H,4-19H2,1-3H3. The van der Waals surface area contributed by atoms with Gasteiger partial charge in [-0.05, 0) is 31.6 Å². The fourth-order valence-electron chi connectivity index (χ4n) is 3.01. The van der Waals surface area contributed by atoms with Crippen LogP contribution in [0.5, 0.6) is 0 Å². The smallest absolute Gasteiger partial charge is 0.306 e. The molecule has 0 saturated heterocycles. The highest BCUT2D eigenvalue weighted by Gasteiger charge is 2.12. The second-order valence-corrected chi connectivity index (χ2v) is 7.29. The summed E-state index contributed by atoms with van der Waals surface area (Å²) in [5.41, 5.74) is 0. The number of carbonyl (C=O) groups excluding carboxylic acids is 2. The first-order chi connectivity index (χ1) is 12.6. The minimum absolute atomic E-state index is 0.0303. The monoisotopic (exact) mass is 370 g/mol. The lowest BCUT2D eigenvalue weighted by Crippen LogP contribution is -2.11. The topological polar surface area (TPSA) is 52.6 Å². The lowest BCUT2D eigenvalue weighted by molar-refractivity contribution is -0.145. The van der Waals surface area contributed by atoms with Gasteiger partial charge in [-0.15, -0.1) is 0 Å². The first-order valence-electron chi connectivity index (χ1n) is 10.9. The summed E-state index contributed by atoms with van der Waals surface area (Å²) in [5.74, 6) is 0.403. The molecule has 4 heteroatoms. The largest absolute Gasteiger partial charge is 0.466 e. The van der Waals surface area contributed by atoms with Gasteiger partial charge in [-0.3, -0.25) is 9.59 Å². The SMILES string of the molecule is CCCOC(=O)CCCCCCCCCCC(CC)CC(=O)OCCC. The van der Waals surface area contributed by atoms with E-state index in [0.717, 1.165) is 38.5 Å². The quantitative estimate of drug-likeness (QED) is 0.212. The van der Waals surface area contributed by atoms with Gasteiger partial charge in [0.05, 0.1) is 13.2 Å². The molecular formula is C22H42O4. The summed E-state index contributed by atoms with van der Waals surface area (Å²) in [6, 6.07) is 0. The number of esters is 2. The van der Waals surface area contributed by atoms with E-state index in [-0.39, 0.29) is 11.9 Å². The van der Waals surface area contributed by atoms with Crippen LogP contribution in [0.25, 0.3) is 0 Å². The molecule has 1 unspecified atom stereocenters. The van der Waals surface area contributed by atoms with Gasteiger partial charge in [0.25, 0.3) is 0 Å². The van der Waals surface area contributed by atoms with Crippen LogP contribution in [0.15, 0.2) is 0 Å². The van der Waals surface area contributed by atoms with Crippen molar-refractivity contribution in [3.63, 3.8) is 0 Å². The Bertz CT molecular complexity index is 341. The first kappa shape index (κ1) is 24.9. The molecule has 26 heavy (non-hydrogen) atoms. The van der Waals surface area contributed by atoms with Gasteiger partial charge in [0.15, 0.2) is 0 Å². The van der Waals surface area contributed by atoms with E-state index in [9.17, 15) is 9.59 Å². The molecule has 0 aromatic carbocycles. The number of carbonyl (C=O) groups is 2. The first-order valence-corrected chi connectivity index (χ1v) is 10.9. The molecule has 0 aromatic rings. The third-order valence-electron chi connectivity index (χ3n) is 4.71. The van der Waals surface area contributed by atoms with E-state index in [1.807, 2.05) is 13.8 Å². The molecule has 0 aromatic heterocycles. The predicted molar refractivity (Wildman–Crippen MR) is 107 cm³/mol. The summed E-state index contributed by atoms with van der Waals surface area (Å²) in [7, 11) is 0. The minimum Gasteiger partial charge on any atom is -0.466 e. The van der Waals surface area contributed by atoms with E-state index >= 15 is 0 Å². The Morgan fingerprint density at radius 2 is 1.19 bits per heavy atom. The van der Waals surface area contributed by atoms with E-state index in [0.29, 0.717) is 32.0 Å². The molecular weight excluding hydrogens is 328 g/mol. The number of ether oxygens (including phenoxy) is 2. The Morgan fingerprint density at radius 1 is 0.692 bits per heavy atom. The lowest BCUT2D eigenvalue weighted by atomic mass is 9.95. The summed E-state index contributed by atoms with van der Waals surface area (Å²) >= 11 is 0. The van der Waals surface area contributed by atoms with E-state index in [1.165, 1.54) is 38.5 Å². The molecule has 4 nitrogen and oxygen atoms in total. The van der Waals surface area contributed by atoms with Gasteiger partial charge >= 0.3 is 11.9 Å². The molecule has 0 aliphatic rings. The summed E-state index contributed by atoms with van der Waals surface area (Å²) in [5, 5.41) is 0. The molecule has 0 bridgehead atoms. The highest BCUT2D eigenvalue weighted by molar-refractivity contribution is 5.69. The molecule has 0 fully saturated rings. The van der Waals surface area contributed by atoms with Crippen LogP contribution in [0.3, 0.4) is 0 Å². The van der Waals surface area contributed by atoms with Gasteiger partial charge in [-0.25, -0.2) is 0 Å². The number of unbranched alkanes of at least 4 members (excludes halogenated alkanes) is 7. The highest BCUT2D eigenvalue weighted by atomic mass is 16.5.